The summed E-state index contributed by atoms with van der Waals surface area (Å²) in [7, 11) is 0. The van der Waals surface area contributed by atoms with Crippen molar-refractivity contribution in [2.75, 3.05) is 23.7 Å². The van der Waals surface area contributed by atoms with Crippen LogP contribution in [0.15, 0.2) is 12.4 Å². The molecule has 0 saturated heterocycles. The van der Waals surface area contributed by atoms with E-state index < -0.39 is 0 Å². The first-order chi connectivity index (χ1) is 8.72. The number of aromatic nitrogens is 2. The van der Waals surface area contributed by atoms with E-state index >= 15 is 0 Å². The molecule has 1 aliphatic carbocycles. The van der Waals surface area contributed by atoms with Crippen molar-refractivity contribution in [3.05, 3.63) is 12.4 Å². The summed E-state index contributed by atoms with van der Waals surface area (Å²) in [6.07, 6.45) is 10.0. The summed E-state index contributed by atoms with van der Waals surface area (Å²) in [6, 6.07) is 0. The second-order valence-corrected chi connectivity index (χ2v) is 5.59. The minimum Gasteiger partial charge on any atom is -0.369 e. The summed E-state index contributed by atoms with van der Waals surface area (Å²) in [5.74, 6) is 1.74. The lowest BCUT2D eigenvalue weighted by molar-refractivity contribution is 0.361. The van der Waals surface area contributed by atoms with Crippen molar-refractivity contribution in [1.82, 2.24) is 9.97 Å². The largest absolute Gasteiger partial charge is 0.369 e. The van der Waals surface area contributed by atoms with Crippen LogP contribution in [0.3, 0.4) is 0 Å². The van der Waals surface area contributed by atoms with Crippen LogP contribution in [0.1, 0.15) is 46.0 Å². The molecule has 1 fully saturated rings. The van der Waals surface area contributed by atoms with E-state index in [1.807, 2.05) is 0 Å². The molecule has 18 heavy (non-hydrogen) atoms. The number of nitrogens with zero attached hydrogens (tertiary/aromatic N) is 2. The van der Waals surface area contributed by atoms with Crippen molar-refractivity contribution < 1.29 is 0 Å². The molecule has 1 heterocycles. The van der Waals surface area contributed by atoms with Gasteiger partial charge in [-0.25, -0.2) is 4.98 Å². The van der Waals surface area contributed by atoms with Gasteiger partial charge >= 0.3 is 0 Å². The summed E-state index contributed by atoms with van der Waals surface area (Å²) in [4.78, 5) is 8.74. The predicted octanol–water partition coefficient (Wildman–Crippen LogP) is 3.29. The van der Waals surface area contributed by atoms with Crippen LogP contribution in [0.5, 0.6) is 0 Å². The van der Waals surface area contributed by atoms with Crippen LogP contribution in [0.4, 0.5) is 11.6 Å². The summed E-state index contributed by atoms with van der Waals surface area (Å²) in [5.41, 5.74) is 0.439. The summed E-state index contributed by atoms with van der Waals surface area (Å²) in [6.45, 7) is 6.44. The Morgan fingerprint density at radius 3 is 2.50 bits per heavy atom. The smallest absolute Gasteiger partial charge is 0.146 e. The lowest BCUT2D eigenvalue weighted by Gasteiger charge is -2.23. The second-order valence-electron chi connectivity index (χ2n) is 5.59. The van der Waals surface area contributed by atoms with Crippen molar-refractivity contribution in [1.29, 1.82) is 0 Å². The Bertz CT molecular complexity index is 372. The molecule has 0 spiro atoms. The van der Waals surface area contributed by atoms with Gasteiger partial charge in [0.15, 0.2) is 0 Å². The van der Waals surface area contributed by atoms with Gasteiger partial charge < -0.3 is 10.6 Å². The maximum atomic E-state index is 4.52. The summed E-state index contributed by atoms with van der Waals surface area (Å²) in [5, 5.41) is 6.69. The Balaban J connectivity index is 1.88. The zero-order valence-corrected chi connectivity index (χ0v) is 11.5. The number of anilines is 2. The third-order valence-electron chi connectivity index (χ3n) is 3.70. The van der Waals surface area contributed by atoms with Crippen molar-refractivity contribution in [3.63, 3.8) is 0 Å². The fourth-order valence-electron chi connectivity index (χ4n) is 2.50. The Kier molecular flexibility index (Phi) is 4.39. The number of nitrogens with one attached hydrogen (secondary N) is 2. The molecule has 0 aromatic carbocycles. The van der Waals surface area contributed by atoms with Gasteiger partial charge in [0, 0.05) is 13.1 Å². The highest BCUT2D eigenvalue weighted by Crippen LogP contribution is 2.37. The van der Waals surface area contributed by atoms with E-state index in [1.165, 1.54) is 25.7 Å². The quantitative estimate of drug-likeness (QED) is 0.811. The lowest BCUT2D eigenvalue weighted by Crippen LogP contribution is -2.23. The molecule has 2 N–H and O–H groups in total. The second kappa shape index (κ2) is 6.03. The first kappa shape index (κ1) is 13.1. The number of rotatable bonds is 6. The van der Waals surface area contributed by atoms with Crippen LogP contribution in [0.25, 0.3) is 0 Å². The predicted molar refractivity (Wildman–Crippen MR) is 75.9 cm³/mol. The van der Waals surface area contributed by atoms with Gasteiger partial charge in [-0.3, -0.25) is 4.98 Å². The maximum absolute atomic E-state index is 4.52. The van der Waals surface area contributed by atoms with E-state index in [0.29, 0.717) is 5.41 Å². The molecule has 2 rings (SSSR count). The van der Waals surface area contributed by atoms with Gasteiger partial charge in [-0.2, -0.15) is 0 Å². The average Bonchev–Trinajstić information content (AvgIpc) is 2.82. The Hall–Kier alpha value is -1.32. The standard InChI is InChI=1S/C14H24N4/c1-3-8-16-12-9-15-10-13(18-12)17-11-14(2)6-4-5-7-14/h9-10H,3-8,11H2,1-2H3,(H2,16,17,18). The van der Waals surface area contributed by atoms with Crippen molar-refractivity contribution in [2.24, 2.45) is 5.41 Å². The fourth-order valence-corrected chi connectivity index (χ4v) is 2.50. The van der Waals surface area contributed by atoms with Gasteiger partial charge in [0.25, 0.3) is 0 Å². The molecule has 4 heteroatoms. The molecule has 0 aliphatic heterocycles. The van der Waals surface area contributed by atoms with Gasteiger partial charge in [-0.15, -0.1) is 0 Å². The Labute approximate surface area is 110 Å². The van der Waals surface area contributed by atoms with Crippen molar-refractivity contribution in [2.45, 2.75) is 46.0 Å². The molecule has 0 unspecified atom stereocenters. The van der Waals surface area contributed by atoms with E-state index in [1.54, 1.807) is 12.4 Å². The first-order valence-electron chi connectivity index (χ1n) is 7.02. The third-order valence-corrected chi connectivity index (χ3v) is 3.70. The van der Waals surface area contributed by atoms with Crippen LogP contribution >= 0.6 is 0 Å². The van der Waals surface area contributed by atoms with Gasteiger partial charge in [-0.1, -0.05) is 26.7 Å². The highest BCUT2D eigenvalue weighted by molar-refractivity contribution is 5.41. The third kappa shape index (κ3) is 3.59. The van der Waals surface area contributed by atoms with Crippen LogP contribution in [-0.4, -0.2) is 23.1 Å². The normalized spacial score (nSPS) is 17.7. The molecule has 1 aliphatic rings. The Morgan fingerprint density at radius 2 is 1.83 bits per heavy atom. The van der Waals surface area contributed by atoms with Gasteiger partial charge in [0.1, 0.15) is 11.6 Å². The average molecular weight is 248 g/mol. The zero-order chi connectivity index (χ0) is 12.8. The van der Waals surface area contributed by atoms with Crippen LogP contribution in [0, 0.1) is 5.41 Å². The highest BCUT2D eigenvalue weighted by Gasteiger charge is 2.28. The van der Waals surface area contributed by atoms with E-state index in [4.69, 9.17) is 0 Å². The number of hydrogen-bond acceptors (Lipinski definition) is 4. The minimum atomic E-state index is 0.439. The molecule has 1 saturated carbocycles. The molecule has 0 bridgehead atoms. The van der Waals surface area contributed by atoms with Crippen LogP contribution in [0.2, 0.25) is 0 Å². The van der Waals surface area contributed by atoms with E-state index in [9.17, 15) is 0 Å². The molecule has 100 valence electrons. The molecule has 4 nitrogen and oxygen atoms in total. The number of hydrogen-bond donors (Lipinski definition) is 2. The fraction of sp³-hybridized carbons (Fsp3) is 0.714. The lowest BCUT2D eigenvalue weighted by atomic mass is 9.89. The zero-order valence-electron chi connectivity index (χ0n) is 11.5. The molecule has 1 aromatic rings. The van der Waals surface area contributed by atoms with Crippen molar-refractivity contribution >= 4 is 11.6 Å². The maximum Gasteiger partial charge on any atom is 0.146 e. The minimum absolute atomic E-state index is 0.439. The van der Waals surface area contributed by atoms with E-state index in [-0.39, 0.29) is 0 Å². The SMILES string of the molecule is CCCNc1cncc(NCC2(C)CCCC2)n1. The van der Waals surface area contributed by atoms with Gasteiger partial charge in [0.2, 0.25) is 0 Å². The first-order valence-corrected chi connectivity index (χ1v) is 7.02. The molecule has 0 radical (unpaired) electrons. The van der Waals surface area contributed by atoms with E-state index in [2.05, 4.69) is 34.4 Å². The topological polar surface area (TPSA) is 49.8 Å². The summed E-state index contributed by atoms with van der Waals surface area (Å²) < 4.78 is 0. The monoisotopic (exact) mass is 248 g/mol. The summed E-state index contributed by atoms with van der Waals surface area (Å²) >= 11 is 0. The van der Waals surface area contributed by atoms with Crippen molar-refractivity contribution in [3.8, 4) is 0 Å². The molecule has 1 aromatic heterocycles. The molecular formula is C14H24N4. The van der Waals surface area contributed by atoms with Crippen LogP contribution in [-0.2, 0) is 0 Å². The van der Waals surface area contributed by atoms with Gasteiger partial charge in [0.05, 0.1) is 12.4 Å². The molecule has 0 amide bonds. The van der Waals surface area contributed by atoms with Crippen LogP contribution < -0.4 is 10.6 Å². The Morgan fingerprint density at radius 1 is 1.17 bits per heavy atom. The molecular weight excluding hydrogens is 224 g/mol. The van der Waals surface area contributed by atoms with E-state index in [0.717, 1.165) is 31.1 Å². The van der Waals surface area contributed by atoms with Gasteiger partial charge in [-0.05, 0) is 24.7 Å². The molecule has 0 atom stereocenters. The highest BCUT2D eigenvalue weighted by atomic mass is 15.1.